The number of rotatable bonds is 4. The van der Waals surface area contributed by atoms with Crippen LogP contribution in [0.15, 0.2) is 28.7 Å². The van der Waals surface area contributed by atoms with Crippen LogP contribution in [0.4, 0.5) is 13.2 Å². The van der Waals surface area contributed by atoms with Crippen LogP contribution in [0.25, 0.3) is 11.3 Å². The van der Waals surface area contributed by atoms with E-state index in [0.29, 0.717) is 11.8 Å². The van der Waals surface area contributed by atoms with Crippen LogP contribution in [0.2, 0.25) is 0 Å². The molecule has 18 heavy (non-hydrogen) atoms. The molecule has 0 aliphatic rings. The first-order valence-corrected chi connectivity index (χ1v) is 5.85. The van der Waals surface area contributed by atoms with E-state index in [4.69, 9.17) is 4.42 Å². The molecule has 1 aromatic carbocycles. The monoisotopic (exact) mass is 254 g/mol. The summed E-state index contributed by atoms with van der Waals surface area (Å²) in [6.45, 7) is 2.05. The van der Waals surface area contributed by atoms with E-state index in [1.54, 1.807) is 6.07 Å². The van der Waals surface area contributed by atoms with Crippen LogP contribution in [-0.2, 0) is 6.42 Å². The van der Waals surface area contributed by atoms with Crippen molar-refractivity contribution < 1.29 is 17.6 Å². The Kier molecular flexibility index (Phi) is 3.75. The number of hydrogen-bond donors (Lipinski definition) is 0. The van der Waals surface area contributed by atoms with E-state index in [0.717, 1.165) is 25.3 Å². The Labute approximate surface area is 103 Å². The number of halogens is 3. The van der Waals surface area contributed by atoms with E-state index in [1.165, 1.54) is 6.07 Å². The van der Waals surface area contributed by atoms with Gasteiger partial charge in [-0.25, -0.2) is 13.2 Å². The van der Waals surface area contributed by atoms with Crippen molar-refractivity contribution in [3.63, 3.8) is 0 Å². The minimum Gasteiger partial charge on any atom is -0.461 e. The predicted octanol–water partition coefficient (Wildman–Crippen LogP) is 4.71. The second-order valence-electron chi connectivity index (χ2n) is 4.12. The Morgan fingerprint density at radius 3 is 2.61 bits per heavy atom. The summed E-state index contributed by atoms with van der Waals surface area (Å²) in [7, 11) is 0. The summed E-state index contributed by atoms with van der Waals surface area (Å²) in [5.74, 6) is -2.28. The standard InChI is InChI=1S/C14H13F3O/c1-2-3-4-10-5-6-13(18-10)11-7-9(15)8-12(16)14(11)17/h5-8H,2-4H2,1H3. The zero-order valence-electron chi connectivity index (χ0n) is 9.97. The van der Waals surface area contributed by atoms with Gasteiger partial charge in [-0.1, -0.05) is 13.3 Å². The van der Waals surface area contributed by atoms with E-state index >= 15 is 0 Å². The Morgan fingerprint density at radius 1 is 1.11 bits per heavy atom. The van der Waals surface area contributed by atoms with Crippen molar-refractivity contribution >= 4 is 0 Å². The molecule has 2 rings (SSSR count). The molecule has 0 fully saturated rings. The predicted molar refractivity (Wildman–Crippen MR) is 62.6 cm³/mol. The molecule has 0 N–H and O–H groups in total. The molecule has 0 amide bonds. The van der Waals surface area contributed by atoms with Crippen LogP contribution < -0.4 is 0 Å². The first kappa shape index (κ1) is 12.7. The zero-order valence-corrected chi connectivity index (χ0v) is 9.97. The van der Waals surface area contributed by atoms with E-state index in [9.17, 15) is 13.2 Å². The van der Waals surface area contributed by atoms with Crippen LogP contribution in [-0.4, -0.2) is 0 Å². The van der Waals surface area contributed by atoms with Gasteiger partial charge in [0, 0.05) is 12.5 Å². The molecule has 0 aliphatic heterocycles. The van der Waals surface area contributed by atoms with Crippen LogP contribution >= 0.6 is 0 Å². The average Bonchev–Trinajstić information content (AvgIpc) is 2.79. The lowest BCUT2D eigenvalue weighted by molar-refractivity contribution is 0.482. The number of benzene rings is 1. The largest absolute Gasteiger partial charge is 0.461 e. The Balaban J connectivity index is 2.34. The highest BCUT2D eigenvalue weighted by Gasteiger charge is 2.15. The third-order valence-corrected chi connectivity index (χ3v) is 2.70. The summed E-state index contributed by atoms with van der Waals surface area (Å²) >= 11 is 0. The van der Waals surface area contributed by atoms with Gasteiger partial charge in [-0.3, -0.25) is 0 Å². The molecule has 0 saturated heterocycles. The highest BCUT2D eigenvalue weighted by molar-refractivity contribution is 5.58. The van der Waals surface area contributed by atoms with Gasteiger partial charge in [0.25, 0.3) is 0 Å². The molecule has 1 aromatic heterocycles. The summed E-state index contributed by atoms with van der Waals surface area (Å²) in [4.78, 5) is 0. The lowest BCUT2D eigenvalue weighted by atomic mass is 10.1. The molecule has 0 aliphatic carbocycles. The molecule has 0 saturated carbocycles. The smallest absolute Gasteiger partial charge is 0.169 e. The van der Waals surface area contributed by atoms with Crippen LogP contribution in [0.5, 0.6) is 0 Å². The molecule has 96 valence electrons. The second-order valence-corrected chi connectivity index (χ2v) is 4.12. The molecule has 4 heteroatoms. The fourth-order valence-electron chi connectivity index (χ4n) is 1.74. The molecule has 0 unspecified atom stereocenters. The first-order valence-electron chi connectivity index (χ1n) is 5.85. The van der Waals surface area contributed by atoms with Gasteiger partial charge in [0.15, 0.2) is 11.6 Å². The van der Waals surface area contributed by atoms with E-state index < -0.39 is 17.5 Å². The Bertz CT molecular complexity index is 546. The van der Waals surface area contributed by atoms with E-state index in [-0.39, 0.29) is 11.3 Å². The van der Waals surface area contributed by atoms with Crippen LogP contribution in [0.3, 0.4) is 0 Å². The van der Waals surface area contributed by atoms with Crippen molar-refractivity contribution in [1.82, 2.24) is 0 Å². The molecule has 0 radical (unpaired) electrons. The van der Waals surface area contributed by atoms with E-state index in [1.807, 2.05) is 6.92 Å². The van der Waals surface area contributed by atoms with E-state index in [2.05, 4.69) is 0 Å². The summed E-state index contributed by atoms with van der Waals surface area (Å²) in [5, 5.41) is 0. The van der Waals surface area contributed by atoms with Gasteiger partial charge in [0.05, 0.1) is 5.56 Å². The van der Waals surface area contributed by atoms with Crippen LogP contribution in [0.1, 0.15) is 25.5 Å². The van der Waals surface area contributed by atoms with Gasteiger partial charge in [0.1, 0.15) is 17.3 Å². The van der Waals surface area contributed by atoms with Gasteiger partial charge < -0.3 is 4.42 Å². The SMILES string of the molecule is CCCCc1ccc(-c2cc(F)cc(F)c2F)o1. The van der Waals surface area contributed by atoms with Crippen molar-refractivity contribution in [2.75, 3.05) is 0 Å². The molecular formula is C14H13F3O. The van der Waals surface area contributed by atoms with Crippen LogP contribution in [0, 0.1) is 17.5 Å². The van der Waals surface area contributed by atoms with Gasteiger partial charge in [-0.15, -0.1) is 0 Å². The maximum absolute atomic E-state index is 13.5. The first-order chi connectivity index (χ1) is 8.61. The third-order valence-electron chi connectivity index (χ3n) is 2.70. The lowest BCUT2D eigenvalue weighted by Gasteiger charge is -2.01. The molecule has 2 aromatic rings. The number of furan rings is 1. The molecule has 1 heterocycles. The Hall–Kier alpha value is -1.71. The fourth-order valence-corrected chi connectivity index (χ4v) is 1.74. The maximum atomic E-state index is 13.5. The number of aryl methyl sites for hydroxylation is 1. The highest BCUT2D eigenvalue weighted by atomic mass is 19.2. The topological polar surface area (TPSA) is 13.1 Å². The Morgan fingerprint density at radius 2 is 1.89 bits per heavy atom. The molecular weight excluding hydrogens is 241 g/mol. The van der Waals surface area contributed by atoms with Crippen molar-refractivity contribution in [2.24, 2.45) is 0 Å². The molecule has 0 atom stereocenters. The van der Waals surface area contributed by atoms with Gasteiger partial charge >= 0.3 is 0 Å². The normalized spacial score (nSPS) is 10.9. The van der Waals surface area contributed by atoms with Crippen molar-refractivity contribution in [1.29, 1.82) is 0 Å². The second kappa shape index (κ2) is 5.29. The molecule has 0 bridgehead atoms. The maximum Gasteiger partial charge on any atom is 0.169 e. The van der Waals surface area contributed by atoms with Gasteiger partial charge in [-0.05, 0) is 24.6 Å². The van der Waals surface area contributed by atoms with Gasteiger partial charge in [0.2, 0.25) is 0 Å². The average molecular weight is 254 g/mol. The van der Waals surface area contributed by atoms with Gasteiger partial charge in [-0.2, -0.15) is 0 Å². The van der Waals surface area contributed by atoms with Crippen molar-refractivity contribution in [3.05, 3.63) is 47.5 Å². The minimum atomic E-state index is -1.21. The molecule has 1 nitrogen and oxygen atoms in total. The highest BCUT2D eigenvalue weighted by Crippen LogP contribution is 2.28. The quantitative estimate of drug-likeness (QED) is 0.720. The minimum absolute atomic E-state index is 0.150. The summed E-state index contributed by atoms with van der Waals surface area (Å²) in [6.07, 6.45) is 2.70. The fraction of sp³-hybridized carbons (Fsp3) is 0.286. The number of unbranched alkanes of at least 4 members (excludes halogenated alkanes) is 1. The number of hydrogen-bond acceptors (Lipinski definition) is 1. The summed E-state index contributed by atoms with van der Waals surface area (Å²) < 4.78 is 45.0. The summed E-state index contributed by atoms with van der Waals surface area (Å²) in [5.41, 5.74) is -0.185. The van der Waals surface area contributed by atoms with Crippen molar-refractivity contribution in [2.45, 2.75) is 26.2 Å². The molecule has 0 spiro atoms. The zero-order chi connectivity index (χ0) is 13.1. The van der Waals surface area contributed by atoms with Crippen molar-refractivity contribution in [3.8, 4) is 11.3 Å². The third kappa shape index (κ3) is 2.58. The summed E-state index contributed by atoms with van der Waals surface area (Å²) in [6, 6.07) is 4.68. The lowest BCUT2D eigenvalue weighted by Crippen LogP contribution is -1.91.